The van der Waals surface area contributed by atoms with Crippen molar-refractivity contribution in [3.05, 3.63) is 67.6 Å². The number of carbonyl (C=O) groups is 2. The molecule has 276 valence electrons. The summed E-state index contributed by atoms with van der Waals surface area (Å²) in [4.78, 5) is 47.6. The van der Waals surface area contributed by atoms with Crippen LogP contribution in [0.2, 0.25) is 0 Å². The minimum atomic E-state index is -3.37. The lowest BCUT2D eigenvalue weighted by Crippen LogP contribution is -2.53. The SMILES string of the molecule is COC[C@H]1CN(c2cc(C)c3c4c(c(=O)oc3c2C)CN(C(=O)c2ccc(C(=O)NS(O)(O)C3(C)CC3)c(OC3CCC3)c2C)CC4)CCN1C. The Morgan fingerprint density at radius 3 is 2.45 bits per heavy atom. The molecule has 2 aliphatic carbocycles. The van der Waals surface area contributed by atoms with E-state index in [4.69, 9.17) is 13.9 Å². The van der Waals surface area contributed by atoms with E-state index in [9.17, 15) is 23.5 Å². The van der Waals surface area contributed by atoms with Crippen LogP contribution in [-0.2, 0) is 17.7 Å². The van der Waals surface area contributed by atoms with Gasteiger partial charge in [0.1, 0.15) is 11.3 Å². The fourth-order valence-corrected chi connectivity index (χ4v) is 8.92. The lowest BCUT2D eigenvalue weighted by atomic mass is 9.92. The normalized spacial score (nSPS) is 20.9. The maximum atomic E-state index is 14.2. The average molecular weight is 723 g/mol. The van der Waals surface area contributed by atoms with Crippen LogP contribution in [0.3, 0.4) is 0 Å². The molecule has 2 aromatic carbocycles. The first kappa shape index (κ1) is 35.8. The predicted octanol–water partition coefficient (Wildman–Crippen LogP) is 5.56. The van der Waals surface area contributed by atoms with Crippen molar-refractivity contribution in [3.63, 3.8) is 0 Å². The summed E-state index contributed by atoms with van der Waals surface area (Å²) in [6, 6.07) is 5.57. The summed E-state index contributed by atoms with van der Waals surface area (Å²) in [6.45, 7) is 11.3. The summed E-state index contributed by atoms with van der Waals surface area (Å²) in [5.74, 6) is -0.646. The maximum Gasteiger partial charge on any atom is 0.341 e. The van der Waals surface area contributed by atoms with Crippen LogP contribution in [0, 0.1) is 20.8 Å². The molecular formula is C38H50N4O8S. The van der Waals surface area contributed by atoms with Gasteiger partial charge in [0.15, 0.2) is 0 Å². The molecule has 3 fully saturated rings. The van der Waals surface area contributed by atoms with Crippen molar-refractivity contribution in [2.24, 2.45) is 0 Å². The van der Waals surface area contributed by atoms with E-state index in [2.05, 4.69) is 34.6 Å². The first-order valence-corrected chi connectivity index (χ1v) is 19.5. The molecule has 13 heteroatoms. The Morgan fingerprint density at radius 1 is 1.06 bits per heavy atom. The number of amides is 2. The molecule has 1 atom stereocenters. The second kappa shape index (κ2) is 13.4. The molecule has 3 aromatic rings. The largest absolute Gasteiger partial charge is 0.489 e. The standard InChI is InChI=1S/C38H50N4O8S/c1-22-18-31(41-17-16-40(5)25(19-41)21-48-6)24(3)34-32(22)28-12-15-42(20-30(28)37(45)50-34)36(44)27-10-11-29(33(23(27)2)49-26-8-7-9-26)35(43)39-51(46,47)38(4)13-14-38/h10-11,18,25-26,46-47H,7-9,12-17,19-21H2,1-6H3,(H,39,43)/t25-/m1/s1. The predicted molar refractivity (Wildman–Crippen MR) is 198 cm³/mol. The quantitative estimate of drug-likeness (QED) is 0.240. The highest BCUT2D eigenvalue weighted by Gasteiger charge is 2.50. The highest BCUT2D eigenvalue weighted by atomic mass is 32.3. The summed E-state index contributed by atoms with van der Waals surface area (Å²) in [5.41, 5.74) is 5.62. The van der Waals surface area contributed by atoms with E-state index in [0.29, 0.717) is 54.7 Å². The topological polar surface area (TPSA) is 145 Å². The summed E-state index contributed by atoms with van der Waals surface area (Å²) in [6.07, 6.45) is 4.33. The highest BCUT2D eigenvalue weighted by molar-refractivity contribution is 8.24. The van der Waals surface area contributed by atoms with Gasteiger partial charge in [-0.3, -0.25) is 23.6 Å². The molecule has 0 unspecified atom stereocenters. The second-order valence-electron chi connectivity index (χ2n) is 15.1. The molecular weight excluding hydrogens is 673 g/mol. The second-order valence-corrected chi connectivity index (χ2v) is 17.4. The van der Waals surface area contributed by atoms with E-state index >= 15 is 0 Å². The van der Waals surface area contributed by atoms with E-state index in [-0.39, 0.29) is 35.9 Å². The van der Waals surface area contributed by atoms with E-state index in [0.717, 1.165) is 66.7 Å². The van der Waals surface area contributed by atoms with Crippen molar-refractivity contribution in [3.8, 4) is 5.75 Å². The maximum absolute atomic E-state index is 14.2. The van der Waals surface area contributed by atoms with Gasteiger partial charge in [-0.15, -0.1) is 10.8 Å². The number of carbonyl (C=O) groups excluding carboxylic acids is 2. The minimum Gasteiger partial charge on any atom is -0.489 e. The molecule has 4 aliphatic rings. The molecule has 51 heavy (non-hydrogen) atoms. The van der Waals surface area contributed by atoms with Crippen LogP contribution >= 0.6 is 10.8 Å². The fourth-order valence-electron chi connectivity index (χ4n) is 7.64. The number of rotatable bonds is 9. The Labute approximate surface area is 300 Å². The number of nitrogens with zero attached hydrogens (tertiary/aromatic N) is 3. The number of aryl methyl sites for hydroxylation is 2. The molecule has 2 amide bonds. The van der Waals surface area contributed by atoms with Crippen molar-refractivity contribution >= 4 is 39.2 Å². The minimum absolute atomic E-state index is 0.0862. The number of hydrogen-bond donors (Lipinski definition) is 3. The van der Waals surface area contributed by atoms with Gasteiger partial charge in [-0.2, -0.15) is 0 Å². The number of fused-ring (bicyclic) bond motifs is 3. The van der Waals surface area contributed by atoms with Crippen molar-refractivity contribution in [2.75, 3.05) is 51.8 Å². The van der Waals surface area contributed by atoms with E-state index in [1.54, 1.807) is 31.9 Å². The van der Waals surface area contributed by atoms with Crippen molar-refractivity contribution in [1.82, 2.24) is 14.5 Å². The number of hydrogen-bond acceptors (Lipinski definition) is 10. The third kappa shape index (κ3) is 6.41. The summed E-state index contributed by atoms with van der Waals surface area (Å²) in [7, 11) is 0.466. The Bertz CT molecular complexity index is 1950. The van der Waals surface area contributed by atoms with Gasteiger partial charge in [0, 0.05) is 61.1 Å². The summed E-state index contributed by atoms with van der Waals surface area (Å²) >= 11 is 0. The molecule has 7 rings (SSSR count). The van der Waals surface area contributed by atoms with Crippen LogP contribution in [0.15, 0.2) is 27.4 Å². The van der Waals surface area contributed by atoms with E-state index in [1.165, 1.54) is 6.07 Å². The Balaban J connectivity index is 1.17. The number of methoxy groups -OCH3 is 1. The zero-order chi connectivity index (χ0) is 36.4. The molecule has 1 aromatic heterocycles. The van der Waals surface area contributed by atoms with Gasteiger partial charge < -0.3 is 23.7 Å². The number of ether oxygens (including phenoxy) is 2. The number of nitrogens with one attached hydrogen (secondary N) is 1. The zero-order valence-electron chi connectivity index (χ0n) is 30.5. The molecule has 2 aliphatic heterocycles. The lowest BCUT2D eigenvalue weighted by molar-refractivity contribution is 0.0728. The highest BCUT2D eigenvalue weighted by Crippen LogP contribution is 2.63. The van der Waals surface area contributed by atoms with Gasteiger partial charge in [0.2, 0.25) is 0 Å². The molecule has 3 heterocycles. The number of likely N-dealkylation sites (N-methyl/N-ethyl adjacent to an activating group) is 1. The van der Waals surface area contributed by atoms with Gasteiger partial charge in [-0.1, -0.05) is 0 Å². The summed E-state index contributed by atoms with van der Waals surface area (Å²) in [5, 5.41) is 0.939. The Kier molecular flexibility index (Phi) is 9.41. The van der Waals surface area contributed by atoms with Crippen LogP contribution in [0.25, 0.3) is 11.0 Å². The fraction of sp³-hybridized carbons (Fsp3) is 0.553. The smallest absolute Gasteiger partial charge is 0.341 e. The van der Waals surface area contributed by atoms with Gasteiger partial charge in [-0.05, 0) is 103 Å². The van der Waals surface area contributed by atoms with Crippen LogP contribution in [0.4, 0.5) is 5.69 Å². The third-order valence-corrected chi connectivity index (χ3v) is 13.9. The van der Waals surface area contributed by atoms with E-state index < -0.39 is 27.1 Å². The molecule has 1 saturated heterocycles. The number of benzene rings is 2. The van der Waals surface area contributed by atoms with Gasteiger partial charge in [-0.25, -0.2) is 9.52 Å². The van der Waals surface area contributed by atoms with Gasteiger partial charge >= 0.3 is 5.63 Å². The Hall–Kier alpha value is -3.62. The number of anilines is 1. The number of piperazine rings is 1. The molecule has 0 radical (unpaired) electrons. The van der Waals surface area contributed by atoms with E-state index in [1.807, 2.05) is 6.92 Å². The first-order chi connectivity index (χ1) is 24.2. The molecule has 12 nitrogen and oxygen atoms in total. The zero-order valence-corrected chi connectivity index (χ0v) is 31.3. The first-order valence-electron chi connectivity index (χ1n) is 17.9. The molecule has 0 bridgehead atoms. The van der Waals surface area contributed by atoms with Gasteiger partial charge in [0.05, 0.1) is 41.2 Å². The third-order valence-electron chi connectivity index (χ3n) is 11.6. The van der Waals surface area contributed by atoms with Crippen molar-refractivity contribution < 1.29 is 32.6 Å². The average Bonchev–Trinajstić information content (AvgIpc) is 3.84. The van der Waals surface area contributed by atoms with Gasteiger partial charge in [0.25, 0.3) is 11.8 Å². The molecule has 0 spiro atoms. The van der Waals surface area contributed by atoms with Crippen molar-refractivity contribution in [2.45, 2.75) is 89.7 Å². The van der Waals surface area contributed by atoms with Crippen LogP contribution in [-0.4, -0.2) is 94.6 Å². The molecule has 2 saturated carbocycles. The van der Waals surface area contributed by atoms with Crippen LogP contribution in [0.1, 0.15) is 87.6 Å². The lowest BCUT2D eigenvalue weighted by Gasteiger charge is -2.41. The van der Waals surface area contributed by atoms with Crippen LogP contribution < -0.4 is 20.0 Å². The summed E-state index contributed by atoms with van der Waals surface area (Å²) < 4.78 is 41.0. The van der Waals surface area contributed by atoms with Crippen LogP contribution in [0.5, 0.6) is 5.75 Å². The molecule has 3 N–H and O–H groups in total. The monoisotopic (exact) mass is 722 g/mol. The Morgan fingerprint density at radius 2 is 1.78 bits per heavy atom. The van der Waals surface area contributed by atoms with Crippen molar-refractivity contribution in [1.29, 1.82) is 0 Å².